The van der Waals surface area contributed by atoms with E-state index in [1.54, 1.807) is 49.6 Å². The molecule has 2 rings (SSSR count). The van der Waals surface area contributed by atoms with Crippen LogP contribution in [0.2, 0.25) is 5.02 Å². The number of carbonyl (C=O) groups excluding carboxylic acids is 1. The molecule has 6 nitrogen and oxygen atoms in total. The SMILES string of the molecule is COc1ccc(N(CCCC(=O)Nc2ccc(Br)c(Cl)c2)S(C)(=O)=O)cc1. The fraction of sp³-hybridized carbons (Fsp3) is 0.278. The molecule has 1 amide bonds. The number of benzene rings is 2. The fourth-order valence-electron chi connectivity index (χ4n) is 2.42. The van der Waals surface area contributed by atoms with Gasteiger partial charge in [0.15, 0.2) is 0 Å². The lowest BCUT2D eigenvalue weighted by molar-refractivity contribution is -0.116. The molecule has 146 valence electrons. The number of carbonyl (C=O) groups is 1. The van der Waals surface area contributed by atoms with Crippen LogP contribution in [0.15, 0.2) is 46.9 Å². The summed E-state index contributed by atoms with van der Waals surface area (Å²) in [6, 6.07) is 11.8. The number of nitrogens with zero attached hydrogens (tertiary/aromatic N) is 1. The second-order valence-corrected chi connectivity index (χ2v) is 8.98. The van der Waals surface area contributed by atoms with Gasteiger partial charge in [-0.05, 0) is 64.8 Å². The Bertz CT molecular complexity index is 904. The third-order valence-electron chi connectivity index (χ3n) is 3.73. The Balaban J connectivity index is 1.96. The van der Waals surface area contributed by atoms with E-state index >= 15 is 0 Å². The summed E-state index contributed by atoms with van der Waals surface area (Å²) in [5.74, 6) is 0.427. The summed E-state index contributed by atoms with van der Waals surface area (Å²) in [5, 5.41) is 3.24. The molecule has 1 N–H and O–H groups in total. The van der Waals surface area contributed by atoms with E-state index < -0.39 is 10.0 Å². The number of nitrogens with one attached hydrogen (secondary N) is 1. The number of hydrogen-bond donors (Lipinski definition) is 1. The van der Waals surface area contributed by atoms with Gasteiger partial charge in [-0.15, -0.1) is 0 Å². The number of rotatable bonds is 8. The predicted octanol–water partition coefficient (Wildman–Crippen LogP) is 4.30. The van der Waals surface area contributed by atoms with Gasteiger partial charge >= 0.3 is 0 Å². The Morgan fingerprint density at radius 2 is 1.89 bits per heavy atom. The van der Waals surface area contributed by atoms with E-state index in [1.165, 1.54) is 4.31 Å². The van der Waals surface area contributed by atoms with Crippen LogP contribution in [0.3, 0.4) is 0 Å². The average Bonchev–Trinajstić information content (AvgIpc) is 2.61. The van der Waals surface area contributed by atoms with Crippen LogP contribution < -0.4 is 14.4 Å². The van der Waals surface area contributed by atoms with E-state index in [1.807, 2.05) is 0 Å². The molecule has 0 unspecified atom stereocenters. The van der Waals surface area contributed by atoms with Crippen LogP contribution in [-0.2, 0) is 14.8 Å². The minimum absolute atomic E-state index is 0.176. The second-order valence-electron chi connectivity index (χ2n) is 5.81. The van der Waals surface area contributed by atoms with Gasteiger partial charge < -0.3 is 10.1 Å². The molecule has 0 atom stereocenters. The van der Waals surface area contributed by atoms with E-state index in [0.29, 0.717) is 28.6 Å². The zero-order valence-electron chi connectivity index (χ0n) is 14.9. The summed E-state index contributed by atoms with van der Waals surface area (Å²) in [7, 11) is -1.92. The van der Waals surface area contributed by atoms with Crippen molar-refractivity contribution in [3.8, 4) is 5.75 Å². The van der Waals surface area contributed by atoms with E-state index in [9.17, 15) is 13.2 Å². The van der Waals surface area contributed by atoms with E-state index in [-0.39, 0.29) is 18.9 Å². The summed E-state index contributed by atoms with van der Waals surface area (Å²) in [4.78, 5) is 12.1. The van der Waals surface area contributed by atoms with Crippen LogP contribution in [0.25, 0.3) is 0 Å². The van der Waals surface area contributed by atoms with Gasteiger partial charge in [0.05, 0.1) is 24.1 Å². The molecule has 27 heavy (non-hydrogen) atoms. The zero-order chi connectivity index (χ0) is 20.0. The lowest BCUT2D eigenvalue weighted by atomic mass is 10.2. The average molecular weight is 476 g/mol. The van der Waals surface area contributed by atoms with Crippen molar-refractivity contribution in [2.75, 3.05) is 29.5 Å². The summed E-state index contributed by atoms with van der Waals surface area (Å²) < 4.78 is 31.3. The number of sulfonamides is 1. The molecule has 0 fully saturated rings. The van der Waals surface area contributed by atoms with Gasteiger partial charge in [0.1, 0.15) is 5.75 Å². The van der Waals surface area contributed by atoms with Crippen LogP contribution in [0.5, 0.6) is 5.75 Å². The standard InChI is InChI=1S/C18H20BrClN2O4S/c1-26-15-8-6-14(7-9-15)22(27(2,24)25)11-3-4-18(23)21-13-5-10-16(19)17(20)12-13/h5-10,12H,3-4,11H2,1-2H3,(H,21,23). The molecule has 0 aromatic heterocycles. The molecule has 0 radical (unpaired) electrons. The van der Waals surface area contributed by atoms with Crippen molar-refractivity contribution in [3.63, 3.8) is 0 Å². The van der Waals surface area contributed by atoms with Crippen molar-refractivity contribution < 1.29 is 17.9 Å². The van der Waals surface area contributed by atoms with Crippen molar-refractivity contribution in [1.82, 2.24) is 0 Å². The molecule has 2 aromatic carbocycles. The maximum atomic E-state index is 12.1. The highest BCUT2D eigenvalue weighted by atomic mass is 79.9. The lowest BCUT2D eigenvalue weighted by Crippen LogP contribution is -2.31. The topological polar surface area (TPSA) is 75.7 Å². The van der Waals surface area contributed by atoms with Crippen LogP contribution in [0, 0.1) is 0 Å². The highest BCUT2D eigenvalue weighted by Gasteiger charge is 2.17. The van der Waals surface area contributed by atoms with Gasteiger partial charge in [0, 0.05) is 23.1 Å². The third kappa shape index (κ3) is 6.41. The Hall–Kier alpha value is -1.77. The van der Waals surface area contributed by atoms with Crippen LogP contribution in [0.4, 0.5) is 11.4 Å². The third-order valence-corrected chi connectivity index (χ3v) is 6.16. The number of amides is 1. The zero-order valence-corrected chi connectivity index (χ0v) is 18.1. The lowest BCUT2D eigenvalue weighted by Gasteiger charge is -2.22. The summed E-state index contributed by atoms with van der Waals surface area (Å²) >= 11 is 9.29. The largest absolute Gasteiger partial charge is 0.497 e. The Labute approximate surface area is 172 Å². The smallest absolute Gasteiger partial charge is 0.232 e. The Morgan fingerprint density at radius 3 is 2.44 bits per heavy atom. The van der Waals surface area contributed by atoms with Gasteiger partial charge in [-0.2, -0.15) is 0 Å². The maximum Gasteiger partial charge on any atom is 0.232 e. The van der Waals surface area contributed by atoms with Crippen molar-refractivity contribution in [2.24, 2.45) is 0 Å². The number of methoxy groups -OCH3 is 1. The summed E-state index contributed by atoms with van der Waals surface area (Å²) in [6.45, 7) is 0.194. The first-order chi connectivity index (χ1) is 12.7. The van der Waals surface area contributed by atoms with Gasteiger partial charge in [0.25, 0.3) is 0 Å². The molecule has 9 heteroatoms. The molecule has 0 bridgehead atoms. The predicted molar refractivity (Wildman–Crippen MR) is 112 cm³/mol. The van der Waals surface area contributed by atoms with Gasteiger partial charge in [0.2, 0.25) is 15.9 Å². The molecule has 0 aliphatic heterocycles. The number of anilines is 2. The molecule has 0 saturated heterocycles. The highest BCUT2D eigenvalue weighted by Crippen LogP contribution is 2.26. The van der Waals surface area contributed by atoms with Gasteiger partial charge in [-0.1, -0.05) is 11.6 Å². The van der Waals surface area contributed by atoms with Gasteiger partial charge in [-0.3, -0.25) is 9.10 Å². The van der Waals surface area contributed by atoms with Crippen molar-refractivity contribution in [1.29, 1.82) is 0 Å². The first-order valence-electron chi connectivity index (χ1n) is 8.07. The summed E-state index contributed by atoms with van der Waals surface area (Å²) in [5.41, 5.74) is 1.11. The molecule has 0 spiro atoms. The Morgan fingerprint density at radius 1 is 1.22 bits per heavy atom. The monoisotopic (exact) mass is 474 g/mol. The van der Waals surface area contributed by atoms with Crippen LogP contribution >= 0.6 is 27.5 Å². The number of ether oxygens (including phenoxy) is 1. The van der Waals surface area contributed by atoms with E-state index in [4.69, 9.17) is 16.3 Å². The molecule has 0 aliphatic rings. The quantitative estimate of drug-likeness (QED) is 0.618. The number of hydrogen-bond acceptors (Lipinski definition) is 4. The van der Waals surface area contributed by atoms with Crippen LogP contribution in [0.1, 0.15) is 12.8 Å². The fourth-order valence-corrected chi connectivity index (χ4v) is 3.81. The minimum atomic E-state index is -3.47. The van der Waals surface area contributed by atoms with Crippen LogP contribution in [-0.4, -0.2) is 34.2 Å². The Kier molecular flexibility index (Phi) is 7.52. The normalized spacial score (nSPS) is 11.1. The molecule has 2 aromatic rings. The highest BCUT2D eigenvalue weighted by molar-refractivity contribution is 9.10. The van der Waals surface area contributed by atoms with E-state index in [2.05, 4.69) is 21.2 Å². The molecule has 0 aliphatic carbocycles. The maximum absolute atomic E-state index is 12.1. The molecular weight excluding hydrogens is 456 g/mol. The first-order valence-corrected chi connectivity index (χ1v) is 11.1. The van der Waals surface area contributed by atoms with Crippen molar-refractivity contribution in [3.05, 3.63) is 52.0 Å². The van der Waals surface area contributed by atoms with Crippen molar-refractivity contribution in [2.45, 2.75) is 12.8 Å². The van der Waals surface area contributed by atoms with Crippen molar-refractivity contribution >= 4 is 54.8 Å². The second kappa shape index (κ2) is 9.43. The van der Waals surface area contributed by atoms with Gasteiger partial charge in [-0.25, -0.2) is 8.42 Å². The molecule has 0 saturated carbocycles. The molecule has 0 heterocycles. The molecular formula is C18H20BrClN2O4S. The number of halogens is 2. The minimum Gasteiger partial charge on any atom is -0.497 e. The summed E-state index contributed by atoms with van der Waals surface area (Å²) in [6.07, 6.45) is 1.69. The van der Waals surface area contributed by atoms with E-state index in [0.717, 1.165) is 10.7 Å². The first kappa shape index (κ1) is 21.5.